The van der Waals surface area contributed by atoms with E-state index in [1.54, 1.807) is 29.7 Å². The van der Waals surface area contributed by atoms with Crippen molar-refractivity contribution >= 4 is 38.7 Å². The summed E-state index contributed by atoms with van der Waals surface area (Å²) in [5.74, 6) is 5.37. The molecule has 0 bridgehead atoms. The smallest absolute Gasteiger partial charge is 0.393 e. The Morgan fingerprint density at radius 3 is 2.74 bits per heavy atom. The van der Waals surface area contributed by atoms with E-state index in [1.165, 1.54) is 19.2 Å². The molecule has 1 aliphatic heterocycles. The van der Waals surface area contributed by atoms with E-state index < -0.39 is 30.7 Å². The van der Waals surface area contributed by atoms with E-state index in [0.717, 1.165) is 17.9 Å². The van der Waals surface area contributed by atoms with Gasteiger partial charge in [-0.2, -0.15) is 13.2 Å². The second kappa shape index (κ2) is 12.1. The average Bonchev–Trinajstić information content (AvgIpc) is 3.24. The summed E-state index contributed by atoms with van der Waals surface area (Å²) in [7, 11) is 3.27. The first-order valence-corrected chi connectivity index (χ1v) is 13.0. The Kier molecular flexibility index (Phi) is 8.84. The summed E-state index contributed by atoms with van der Waals surface area (Å²) < 4.78 is 61.1. The SMILES string of the molecule is COc1cc(C(=O)NO)ccc1NCC#Cc1sc2c(NC3CCN(C)CC3F)cccc2c1CC(F)(F)F. The number of rotatable bonds is 7. The normalized spacial score (nSPS) is 17.8. The number of fused-ring (bicyclic) bond motifs is 1. The lowest BCUT2D eigenvalue weighted by molar-refractivity contribution is -0.126. The van der Waals surface area contributed by atoms with Crippen molar-refractivity contribution in [3.05, 3.63) is 52.4 Å². The standard InChI is InChI=1S/C27H28F4N4O3S/c1-35-12-10-20(19(28)15-35)33-22-6-3-5-17-18(14-27(29,30)31)24(39-25(17)22)7-4-11-32-21-9-8-16(26(36)34-37)13-23(21)38-2/h3,5-6,8-9,13,19-20,32-33,37H,10-12,14-15H2,1-2H3,(H,34,36). The fourth-order valence-electron chi connectivity index (χ4n) is 4.49. The lowest BCUT2D eigenvalue weighted by Gasteiger charge is -2.33. The molecule has 0 radical (unpaired) electrons. The molecule has 2 heterocycles. The van der Waals surface area contributed by atoms with Crippen LogP contribution in [0.2, 0.25) is 0 Å². The zero-order valence-corrected chi connectivity index (χ0v) is 22.1. The third-order valence-electron chi connectivity index (χ3n) is 6.42. The van der Waals surface area contributed by atoms with Gasteiger partial charge in [0.25, 0.3) is 5.91 Å². The van der Waals surface area contributed by atoms with Gasteiger partial charge in [-0.15, -0.1) is 11.3 Å². The summed E-state index contributed by atoms with van der Waals surface area (Å²) in [6, 6.07) is 9.10. The minimum absolute atomic E-state index is 0.0891. The third kappa shape index (κ3) is 6.92. The molecule has 1 amide bonds. The van der Waals surface area contributed by atoms with Crippen LogP contribution in [0.5, 0.6) is 5.75 Å². The molecule has 2 aromatic carbocycles. The van der Waals surface area contributed by atoms with Crippen LogP contribution in [0.1, 0.15) is 27.2 Å². The number of nitrogens with zero attached hydrogens (tertiary/aromatic N) is 1. The van der Waals surface area contributed by atoms with Crippen molar-refractivity contribution in [1.82, 2.24) is 10.4 Å². The highest BCUT2D eigenvalue weighted by molar-refractivity contribution is 7.20. The van der Waals surface area contributed by atoms with Gasteiger partial charge in [-0.3, -0.25) is 10.0 Å². The van der Waals surface area contributed by atoms with Crippen molar-refractivity contribution in [3.8, 4) is 17.6 Å². The van der Waals surface area contributed by atoms with E-state index in [1.807, 2.05) is 11.9 Å². The molecule has 0 aliphatic carbocycles. The van der Waals surface area contributed by atoms with E-state index in [9.17, 15) is 22.4 Å². The van der Waals surface area contributed by atoms with Gasteiger partial charge in [0.05, 0.1) is 47.1 Å². The number of nitrogens with one attached hydrogen (secondary N) is 3. The molecule has 1 aliphatic rings. The van der Waals surface area contributed by atoms with Crippen LogP contribution in [0.15, 0.2) is 36.4 Å². The van der Waals surface area contributed by atoms with Crippen molar-refractivity contribution in [2.45, 2.75) is 31.2 Å². The van der Waals surface area contributed by atoms with Crippen molar-refractivity contribution in [2.75, 3.05) is 44.4 Å². The van der Waals surface area contributed by atoms with Crippen molar-refractivity contribution < 1.29 is 32.3 Å². The number of halogens is 4. The highest BCUT2D eigenvalue weighted by Gasteiger charge is 2.32. The number of hydroxylamine groups is 1. The second-order valence-electron chi connectivity index (χ2n) is 9.21. The minimum atomic E-state index is -4.43. The summed E-state index contributed by atoms with van der Waals surface area (Å²) in [4.78, 5) is 13.8. The van der Waals surface area contributed by atoms with E-state index >= 15 is 0 Å². The molecule has 39 heavy (non-hydrogen) atoms. The highest BCUT2D eigenvalue weighted by Crippen LogP contribution is 2.39. The Labute approximate surface area is 227 Å². The van der Waals surface area contributed by atoms with Gasteiger partial charge >= 0.3 is 6.18 Å². The van der Waals surface area contributed by atoms with Crippen LogP contribution < -0.4 is 20.9 Å². The Bertz CT molecular complexity index is 1400. The summed E-state index contributed by atoms with van der Waals surface area (Å²) in [5.41, 5.74) is 2.93. The lowest BCUT2D eigenvalue weighted by Crippen LogP contribution is -2.46. The number of carbonyl (C=O) groups is 1. The van der Waals surface area contributed by atoms with Crippen molar-refractivity contribution in [3.63, 3.8) is 0 Å². The van der Waals surface area contributed by atoms with Gasteiger partial charge < -0.3 is 20.3 Å². The number of carbonyl (C=O) groups excluding carboxylic acids is 1. The summed E-state index contributed by atoms with van der Waals surface area (Å²) >= 11 is 1.15. The number of thiophene rings is 1. The molecule has 1 saturated heterocycles. The molecular weight excluding hydrogens is 536 g/mol. The number of amides is 1. The van der Waals surface area contributed by atoms with E-state index in [-0.39, 0.29) is 17.7 Å². The van der Waals surface area contributed by atoms with E-state index in [2.05, 4.69) is 22.5 Å². The molecule has 3 aromatic rings. The Hall–Kier alpha value is -3.53. The zero-order chi connectivity index (χ0) is 28.2. The fraction of sp³-hybridized carbons (Fsp3) is 0.370. The van der Waals surface area contributed by atoms with Crippen LogP contribution in [0.25, 0.3) is 10.1 Å². The molecule has 0 saturated carbocycles. The first-order chi connectivity index (χ1) is 18.6. The summed E-state index contributed by atoms with van der Waals surface area (Å²) in [6.07, 6.45) is -6.07. The van der Waals surface area contributed by atoms with Crippen LogP contribution in [0.4, 0.5) is 28.9 Å². The maximum Gasteiger partial charge on any atom is 0.393 e. The quantitative estimate of drug-likeness (QED) is 0.139. The lowest BCUT2D eigenvalue weighted by atomic mass is 10.0. The van der Waals surface area contributed by atoms with Crippen LogP contribution in [0.3, 0.4) is 0 Å². The highest BCUT2D eigenvalue weighted by atomic mass is 32.1. The number of alkyl halides is 4. The maximum atomic E-state index is 14.7. The largest absolute Gasteiger partial charge is 0.495 e. The number of likely N-dealkylation sites (tertiary alicyclic amines) is 1. The van der Waals surface area contributed by atoms with Gasteiger partial charge in [0.1, 0.15) is 11.9 Å². The first kappa shape index (κ1) is 28.5. The molecule has 2 unspecified atom stereocenters. The van der Waals surface area contributed by atoms with E-state index in [4.69, 9.17) is 9.94 Å². The third-order valence-corrected chi connectivity index (χ3v) is 7.61. The molecule has 1 aromatic heterocycles. The van der Waals surface area contributed by atoms with Crippen LogP contribution in [-0.2, 0) is 6.42 Å². The molecule has 12 heteroatoms. The molecule has 7 nitrogen and oxygen atoms in total. The van der Waals surface area contributed by atoms with Crippen LogP contribution >= 0.6 is 11.3 Å². The van der Waals surface area contributed by atoms with Crippen molar-refractivity contribution in [2.24, 2.45) is 0 Å². The molecule has 2 atom stereocenters. The Morgan fingerprint density at radius 1 is 1.26 bits per heavy atom. The van der Waals surface area contributed by atoms with Gasteiger partial charge in [-0.25, -0.2) is 9.87 Å². The number of methoxy groups -OCH3 is 1. The van der Waals surface area contributed by atoms with Crippen molar-refractivity contribution in [1.29, 1.82) is 0 Å². The monoisotopic (exact) mass is 564 g/mol. The van der Waals surface area contributed by atoms with Crippen LogP contribution in [-0.4, -0.2) is 68.2 Å². The number of anilines is 2. The van der Waals surface area contributed by atoms with Gasteiger partial charge in [-0.1, -0.05) is 24.0 Å². The average molecular weight is 565 g/mol. The van der Waals surface area contributed by atoms with Gasteiger partial charge in [0, 0.05) is 18.7 Å². The predicted molar refractivity (Wildman–Crippen MR) is 144 cm³/mol. The number of piperidine rings is 1. The number of hydrogen-bond donors (Lipinski definition) is 4. The Balaban J connectivity index is 1.59. The fourth-order valence-corrected chi connectivity index (χ4v) is 5.66. The maximum absolute atomic E-state index is 14.7. The van der Waals surface area contributed by atoms with Gasteiger partial charge in [0.2, 0.25) is 0 Å². The van der Waals surface area contributed by atoms with Gasteiger partial charge in [0.15, 0.2) is 0 Å². The zero-order valence-electron chi connectivity index (χ0n) is 21.3. The first-order valence-electron chi connectivity index (χ1n) is 12.1. The van der Waals surface area contributed by atoms with Crippen LogP contribution in [0, 0.1) is 11.8 Å². The number of hydrogen-bond acceptors (Lipinski definition) is 7. The number of benzene rings is 2. The molecule has 0 spiro atoms. The second-order valence-corrected chi connectivity index (χ2v) is 10.2. The predicted octanol–water partition coefficient (Wildman–Crippen LogP) is 5.05. The molecule has 4 rings (SSSR count). The minimum Gasteiger partial charge on any atom is -0.495 e. The topological polar surface area (TPSA) is 85.9 Å². The Morgan fingerprint density at radius 2 is 2.05 bits per heavy atom. The van der Waals surface area contributed by atoms with E-state index in [0.29, 0.717) is 45.1 Å². The molecule has 208 valence electrons. The number of ether oxygens (including phenoxy) is 1. The summed E-state index contributed by atoms with van der Waals surface area (Å²) in [5, 5.41) is 15.5. The molecular formula is C27H28F4N4O3S. The summed E-state index contributed by atoms with van der Waals surface area (Å²) in [6.45, 7) is 1.11. The molecule has 1 fully saturated rings. The van der Waals surface area contributed by atoms with Gasteiger partial charge in [-0.05, 0) is 48.7 Å². The molecule has 4 N–H and O–H groups in total.